The third kappa shape index (κ3) is 4.02. The fraction of sp³-hybridized carbons (Fsp3) is 0.929. The molecule has 2 rings (SSSR count). The highest BCUT2D eigenvalue weighted by Gasteiger charge is 2.41. The van der Waals surface area contributed by atoms with Crippen LogP contribution in [0.5, 0.6) is 0 Å². The predicted molar refractivity (Wildman–Crippen MR) is 75.1 cm³/mol. The molecule has 1 unspecified atom stereocenters. The van der Waals surface area contributed by atoms with E-state index in [0.29, 0.717) is 11.4 Å². The van der Waals surface area contributed by atoms with Crippen LogP contribution in [0.4, 0.5) is 13.2 Å². The molecule has 4 nitrogen and oxygen atoms in total. The summed E-state index contributed by atoms with van der Waals surface area (Å²) in [6.07, 6.45) is 0.292. The molecule has 1 spiro atoms. The van der Waals surface area contributed by atoms with Gasteiger partial charge in [0.25, 0.3) is 0 Å². The first-order chi connectivity index (χ1) is 9.86. The largest absolute Gasteiger partial charge is 0.416 e. The molecule has 0 bridgehead atoms. The lowest BCUT2D eigenvalue weighted by molar-refractivity contribution is -0.201. The summed E-state index contributed by atoms with van der Waals surface area (Å²) in [6, 6.07) is 0. The molecular weight excluding hydrogens is 283 g/mol. The van der Waals surface area contributed by atoms with Gasteiger partial charge in [-0.15, -0.1) is 0 Å². The molecule has 1 saturated carbocycles. The van der Waals surface area contributed by atoms with E-state index in [0.717, 1.165) is 19.5 Å². The van der Waals surface area contributed by atoms with E-state index in [1.54, 1.807) is 7.05 Å². The summed E-state index contributed by atoms with van der Waals surface area (Å²) in [6.45, 7) is 1.12. The normalized spacial score (nSPS) is 24.4. The number of guanidine groups is 1. The highest BCUT2D eigenvalue weighted by molar-refractivity contribution is 5.80. The Morgan fingerprint density at radius 1 is 1.29 bits per heavy atom. The molecule has 2 N–H and O–H groups in total. The van der Waals surface area contributed by atoms with Crippen molar-refractivity contribution in [1.82, 2.24) is 10.2 Å². The van der Waals surface area contributed by atoms with E-state index in [-0.39, 0.29) is 0 Å². The minimum Gasteiger partial charge on any atom is -0.382 e. The van der Waals surface area contributed by atoms with Gasteiger partial charge in [0, 0.05) is 20.1 Å². The summed E-state index contributed by atoms with van der Waals surface area (Å²) >= 11 is 0. The number of hydrogen-bond acceptors (Lipinski definition) is 2. The Morgan fingerprint density at radius 3 is 2.52 bits per heavy atom. The van der Waals surface area contributed by atoms with Gasteiger partial charge in [-0.25, -0.2) is 0 Å². The van der Waals surface area contributed by atoms with Gasteiger partial charge in [0.15, 0.2) is 12.1 Å². The van der Waals surface area contributed by atoms with E-state index in [9.17, 15) is 13.2 Å². The first-order valence-corrected chi connectivity index (χ1v) is 7.57. The van der Waals surface area contributed by atoms with Crippen LogP contribution >= 0.6 is 0 Å². The van der Waals surface area contributed by atoms with Crippen LogP contribution in [0.25, 0.3) is 0 Å². The van der Waals surface area contributed by atoms with Crippen molar-refractivity contribution < 1.29 is 18.3 Å². The number of nitrogens with zero attached hydrogens (tertiary/aromatic N) is 2. The molecular formula is C14H24F3N3O. The van der Waals surface area contributed by atoms with Gasteiger partial charge in [-0.3, -0.25) is 4.99 Å². The van der Waals surface area contributed by atoms with Gasteiger partial charge in [-0.2, -0.15) is 13.2 Å². The fourth-order valence-corrected chi connectivity index (χ4v) is 3.46. The van der Waals surface area contributed by atoms with Crippen molar-refractivity contribution in [2.75, 3.05) is 26.7 Å². The lowest BCUT2D eigenvalue weighted by Gasteiger charge is -2.33. The monoisotopic (exact) mass is 307 g/mol. The second kappa shape index (κ2) is 6.42. The predicted octanol–water partition coefficient (Wildman–Crippen LogP) is 2.14. The highest BCUT2D eigenvalue weighted by atomic mass is 19.4. The standard InChI is InChI=1S/C14H24F3N3O/c1-18-12(19-9-11(21)14(15,16)17)20-8-7-13(10-20)5-3-2-4-6-13/h11,21H,2-10H2,1H3,(H,18,19). The minimum atomic E-state index is -4.60. The molecule has 0 radical (unpaired) electrons. The van der Waals surface area contributed by atoms with Crippen LogP contribution in [0.2, 0.25) is 0 Å². The maximum Gasteiger partial charge on any atom is 0.416 e. The van der Waals surface area contributed by atoms with Gasteiger partial charge in [0.05, 0.1) is 6.54 Å². The molecule has 0 aromatic carbocycles. The number of likely N-dealkylation sites (tertiary alicyclic amines) is 1. The maximum absolute atomic E-state index is 12.3. The molecule has 1 saturated heterocycles. The van der Waals surface area contributed by atoms with Crippen molar-refractivity contribution in [2.24, 2.45) is 10.4 Å². The number of aliphatic hydroxyl groups excluding tert-OH is 1. The van der Waals surface area contributed by atoms with Crippen LogP contribution < -0.4 is 5.32 Å². The lowest BCUT2D eigenvalue weighted by Crippen LogP contribution is -2.47. The average Bonchev–Trinajstić information content (AvgIpc) is 2.83. The second-order valence-electron chi connectivity index (χ2n) is 6.22. The van der Waals surface area contributed by atoms with E-state index >= 15 is 0 Å². The maximum atomic E-state index is 12.3. The van der Waals surface area contributed by atoms with Crippen molar-refractivity contribution in [3.8, 4) is 0 Å². The van der Waals surface area contributed by atoms with Crippen LogP contribution in [-0.4, -0.2) is 54.9 Å². The first-order valence-electron chi connectivity index (χ1n) is 7.57. The molecule has 1 aliphatic heterocycles. The molecule has 1 aliphatic carbocycles. The van der Waals surface area contributed by atoms with Crippen LogP contribution in [-0.2, 0) is 0 Å². The van der Waals surface area contributed by atoms with Gasteiger partial charge in [0.2, 0.25) is 0 Å². The zero-order valence-electron chi connectivity index (χ0n) is 12.4. The van der Waals surface area contributed by atoms with E-state index < -0.39 is 18.8 Å². The van der Waals surface area contributed by atoms with E-state index in [1.165, 1.54) is 32.1 Å². The average molecular weight is 307 g/mol. The SMILES string of the molecule is CN=C(NCC(O)C(F)(F)F)N1CCC2(CCCCC2)C1. The molecule has 1 atom stereocenters. The summed E-state index contributed by atoms with van der Waals surface area (Å²) in [5.41, 5.74) is 0.318. The van der Waals surface area contributed by atoms with Crippen LogP contribution in [0.1, 0.15) is 38.5 Å². The van der Waals surface area contributed by atoms with Crippen molar-refractivity contribution in [3.63, 3.8) is 0 Å². The van der Waals surface area contributed by atoms with Crippen LogP contribution in [0.3, 0.4) is 0 Å². The van der Waals surface area contributed by atoms with E-state index in [2.05, 4.69) is 10.3 Å². The topological polar surface area (TPSA) is 47.9 Å². The van der Waals surface area contributed by atoms with Crippen molar-refractivity contribution in [1.29, 1.82) is 0 Å². The second-order valence-corrected chi connectivity index (χ2v) is 6.22. The van der Waals surface area contributed by atoms with Crippen molar-refractivity contribution in [2.45, 2.75) is 50.8 Å². The molecule has 122 valence electrons. The van der Waals surface area contributed by atoms with Crippen LogP contribution in [0.15, 0.2) is 4.99 Å². The Hall–Kier alpha value is -0.980. The Kier molecular flexibility index (Phi) is 5.01. The molecule has 2 fully saturated rings. The van der Waals surface area contributed by atoms with Gasteiger partial charge >= 0.3 is 6.18 Å². The number of hydrogen-bond donors (Lipinski definition) is 2. The number of aliphatic hydroxyl groups is 1. The number of aliphatic imine (C=N–C) groups is 1. The molecule has 1 heterocycles. The Bertz CT molecular complexity index is 378. The molecule has 0 amide bonds. The number of halogens is 3. The Labute approximate surface area is 123 Å². The minimum absolute atomic E-state index is 0.318. The van der Waals surface area contributed by atoms with Gasteiger partial charge in [-0.1, -0.05) is 19.3 Å². The summed E-state index contributed by atoms with van der Waals surface area (Å²) in [5.74, 6) is 0.459. The zero-order chi connectivity index (χ0) is 15.5. The summed E-state index contributed by atoms with van der Waals surface area (Å²) in [4.78, 5) is 6.08. The molecule has 2 aliphatic rings. The molecule has 21 heavy (non-hydrogen) atoms. The quantitative estimate of drug-likeness (QED) is 0.607. The fourth-order valence-electron chi connectivity index (χ4n) is 3.46. The number of alkyl halides is 3. The highest BCUT2D eigenvalue weighted by Crippen LogP contribution is 2.43. The van der Waals surface area contributed by atoms with Crippen molar-refractivity contribution >= 4 is 5.96 Å². The summed E-state index contributed by atoms with van der Waals surface area (Å²) < 4.78 is 37.0. The summed E-state index contributed by atoms with van der Waals surface area (Å²) in [7, 11) is 1.56. The Morgan fingerprint density at radius 2 is 1.95 bits per heavy atom. The third-order valence-electron chi connectivity index (χ3n) is 4.70. The zero-order valence-corrected chi connectivity index (χ0v) is 12.4. The van der Waals surface area contributed by atoms with E-state index in [4.69, 9.17) is 5.11 Å². The third-order valence-corrected chi connectivity index (χ3v) is 4.70. The molecule has 0 aromatic rings. The van der Waals surface area contributed by atoms with Gasteiger partial charge in [0.1, 0.15) is 0 Å². The van der Waals surface area contributed by atoms with Gasteiger partial charge in [-0.05, 0) is 24.7 Å². The van der Waals surface area contributed by atoms with Gasteiger partial charge < -0.3 is 15.3 Å². The molecule has 7 heteroatoms. The number of nitrogens with one attached hydrogen (secondary N) is 1. The smallest absolute Gasteiger partial charge is 0.382 e. The summed E-state index contributed by atoms with van der Waals surface area (Å²) in [5, 5.41) is 11.7. The van der Waals surface area contributed by atoms with Crippen molar-refractivity contribution in [3.05, 3.63) is 0 Å². The molecule has 0 aromatic heterocycles. The lowest BCUT2D eigenvalue weighted by atomic mass is 9.73. The van der Waals surface area contributed by atoms with Crippen LogP contribution in [0, 0.1) is 5.41 Å². The first kappa shape index (κ1) is 16.4. The Balaban J connectivity index is 1.88. The number of rotatable bonds is 2. The van der Waals surface area contributed by atoms with E-state index in [1.807, 2.05) is 4.90 Å².